The first-order valence-corrected chi connectivity index (χ1v) is 11.9. The lowest BCUT2D eigenvalue weighted by molar-refractivity contribution is -0.142. The molecule has 14 nitrogen and oxygen atoms in total. The predicted octanol–water partition coefficient (Wildman–Crippen LogP) is -1.42. The predicted molar refractivity (Wildman–Crippen MR) is 134 cm³/mol. The van der Waals surface area contributed by atoms with Crippen LogP contribution in [0.1, 0.15) is 33.1 Å². The second-order valence-electron chi connectivity index (χ2n) is 9.05. The molecule has 2 rings (SSSR count). The first kappa shape index (κ1) is 30.8. The van der Waals surface area contributed by atoms with Crippen LogP contribution < -0.4 is 20.4 Å². The Hall–Kier alpha value is -4.46. The molecule has 4 amide bonds. The van der Waals surface area contributed by atoms with Crippen LogP contribution in [0.2, 0.25) is 0 Å². The van der Waals surface area contributed by atoms with E-state index in [0.29, 0.717) is 6.29 Å². The van der Waals surface area contributed by atoms with Gasteiger partial charge in [-0.1, -0.05) is 12.1 Å². The van der Waals surface area contributed by atoms with E-state index < -0.39 is 85.9 Å². The first-order chi connectivity index (χ1) is 18.4. The number of carboxylic acid groups (broad SMARTS) is 1. The third-order valence-electron chi connectivity index (χ3n) is 5.79. The van der Waals surface area contributed by atoms with Crippen molar-refractivity contribution in [1.29, 1.82) is 0 Å². The van der Waals surface area contributed by atoms with Crippen molar-refractivity contribution in [1.82, 2.24) is 10.6 Å². The largest absolute Gasteiger partial charge is 0.481 e. The molecule has 0 aromatic heterocycles. The number of nitrogens with one attached hydrogen (secondary N) is 2. The average Bonchev–Trinajstić information content (AvgIpc) is 2.97. The van der Waals surface area contributed by atoms with E-state index in [2.05, 4.69) is 10.6 Å². The molecule has 1 aliphatic rings. The van der Waals surface area contributed by atoms with Gasteiger partial charge in [-0.05, 0) is 26.0 Å². The Morgan fingerprint density at radius 3 is 2.18 bits per heavy atom. The fourth-order valence-electron chi connectivity index (χ4n) is 4.12. The molecule has 0 saturated carbocycles. The van der Waals surface area contributed by atoms with Crippen LogP contribution in [0.25, 0.3) is 0 Å². The van der Waals surface area contributed by atoms with Crippen LogP contribution in [0.4, 0.5) is 11.4 Å². The minimum absolute atomic E-state index is 0.0799. The van der Waals surface area contributed by atoms with Gasteiger partial charge >= 0.3 is 5.97 Å². The maximum atomic E-state index is 13.7. The van der Waals surface area contributed by atoms with Crippen LogP contribution >= 0.6 is 0 Å². The lowest BCUT2D eigenvalue weighted by atomic mass is 9.97. The standard InChI is InChI=1S/C25H30N4O10/c1-14(32)7-16(9-23(36)37)24(38)27-18-10-28(22(35)13-31)19-5-3-4-6-20(19)29(25(18)39)11-21(34)26-17(12-30)8-15(2)33/h3-6,12,16-18,31H,7-11,13H2,1-2H3,(H,26,34)(H,27,38)(H,36,37)/t16-,17-,18-/m0/s1. The third-order valence-corrected chi connectivity index (χ3v) is 5.79. The highest BCUT2D eigenvalue weighted by atomic mass is 16.4. The van der Waals surface area contributed by atoms with Crippen molar-refractivity contribution in [3.05, 3.63) is 24.3 Å². The molecule has 39 heavy (non-hydrogen) atoms. The molecule has 0 bridgehead atoms. The van der Waals surface area contributed by atoms with Gasteiger partial charge in [0.25, 0.3) is 11.8 Å². The molecule has 0 unspecified atom stereocenters. The van der Waals surface area contributed by atoms with Gasteiger partial charge in [-0.15, -0.1) is 0 Å². The third kappa shape index (κ3) is 8.53. The molecular weight excluding hydrogens is 516 g/mol. The SMILES string of the molecule is CC(=O)C[C@@H](CC(=O)O)C(=O)N[C@H]1CN(C(=O)CO)c2ccccc2N(CC(=O)N[C@H](C=O)CC(C)=O)C1=O. The van der Waals surface area contributed by atoms with E-state index >= 15 is 0 Å². The molecule has 3 atom stereocenters. The lowest BCUT2D eigenvalue weighted by Crippen LogP contribution is -2.56. The van der Waals surface area contributed by atoms with E-state index in [0.717, 1.165) is 9.80 Å². The van der Waals surface area contributed by atoms with Crippen molar-refractivity contribution in [2.45, 2.75) is 45.2 Å². The van der Waals surface area contributed by atoms with Crippen molar-refractivity contribution in [2.24, 2.45) is 5.92 Å². The Morgan fingerprint density at radius 1 is 1.03 bits per heavy atom. The minimum atomic E-state index is -1.50. The normalized spacial score (nSPS) is 16.3. The molecule has 1 aromatic rings. The summed E-state index contributed by atoms with van der Waals surface area (Å²) in [4.78, 5) is 99.6. The molecule has 0 fully saturated rings. The minimum Gasteiger partial charge on any atom is -0.481 e. The van der Waals surface area contributed by atoms with Crippen LogP contribution in [0.15, 0.2) is 24.3 Å². The Balaban J connectivity index is 2.47. The summed E-state index contributed by atoms with van der Waals surface area (Å²) in [5, 5.41) is 23.4. The van der Waals surface area contributed by atoms with Crippen LogP contribution in [0.5, 0.6) is 0 Å². The van der Waals surface area contributed by atoms with Gasteiger partial charge in [0.2, 0.25) is 11.8 Å². The second kappa shape index (κ2) is 13.9. The van der Waals surface area contributed by atoms with E-state index in [1.807, 2.05) is 0 Å². The van der Waals surface area contributed by atoms with Gasteiger partial charge in [0.15, 0.2) is 0 Å². The highest BCUT2D eigenvalue weighted by Crippen LogP contribution is 2.33. The van der Waals surface area contributed by atoms with Crippen molar-refractivity contribution in [3.63, 3.8) is 0 Å². The molecule has 4 N–H and O–H groups in total. The van der Waals surface area contributed by atoms with Gasteiger partial charge in [0.05, 0.1) is 36.3 Å². The fraction of sp³-hybridized carbons (Fsp3) is 0.440. The van der Waals surface area contributed by atoms with E-state index in [9.17, 15) is 43.5 Å². The van der Waals surface area contributed by atoms with Crippen LogP contribution in [-0.2, 0) is 38.4 Å². The molecule has 1 aromatic carbocycles. The fourth-order valence-corrected chi connectivity index (χ4v) is 4.12. The summed E-state index contributed by atoms with van der Waals surface area (Å²) in [6.07, 6.45) is -0.993. The maximum absolute atomic E-state index is 13.7. The van der Waals surface area contributed by atoms with Gasteiger partial charge in [-0.25, -0.2) is 0 Å². The first-order valence-electron chi connectivity index (χ1n) is 11.9. The number of aldehydes is 1. The van der Waals surface area contributed by atoms with Crippen LogP contribution in [0.3, 0.4) is 0 Å². The molecule has 0 saturated heterocycles. The number of benzene rings is 1. The van der Waals surface area contributed by atoms with E-state index in [4.69, 9.17) is 5.11 Å². The summed E-state index contributed by atoms with van der Waals surface area (Å²) < 4.78 is 0. The zero-order valence-electron chi connectivity index (χ0n) is 21.4. The van der Waals surface area contributed by atoms with Crippen molar-refractivity contribution < 1.29 is 48.6 Å². The molecule has 0 radical (unpaired) electrons. The number of hydrogen-bond donors (Lipinski definition) is 4. The van der Waals surface area contributed by atoms with Crippen molar-refractivity contribution in [2.75, 3.05) is 29.5 Å². The number of anilines is 2. The van der Waals surface area contributed by atoms with Gasteiger partial charge in [0.1, 0.15) is 37.0 Å². The number of aliphatic carboxylic acids is 1. The van der Waals surface area contributed by atoms with Crippen LogP contribution in [0, 0.1) is 5.92 Å². The molecule has 0 spiro atoms. The number of para-hydroxylation sites is 2. The molecular formula is C25H30N4O10. The number of aliphatic hydroxyl groups excluding tert-OH is 1. The zero-order chi connectivity index (χ0) is 29.3. The smallest absolute Gasteiger partial charge is 0.304 e. The van der Waals surface area contributed by atoms with Gasteiger partial charge in [0, 0.05) is 12.8 Å². The molecule has 210 valence electrons. The number of Topliss-reactive ketones (excluding diaryl/α,β-unsaturated/α-hetero) is 2. The maximum Gasteiger partial charge on any atom is 0.304 e. The van der Waals surface area contributed by atoms with Gasteiger partial charge < -0.3 is 35.3 Å². The average molecular weight is 547 g/mol. The quantitative estimate of drug-likeness (QED) is 0.212. The zero-order valence-corrected chi connectivity index (χ0v) is 21.4. The van der Waals surface area contributed by atoms with E-state index in [1.165, 1.54) is 32.0 Å². The molecule has 14 heteroatoms. The Labute approximate surface area is 223 Å². The van der Waals surface area contributed by atoms with Crippen molar-refractivity contribution >= 4 is 58.8 Å². The van der Waals surface area contributed by atoms with E-state index in [-0.39, 0.29) is 23.6 Å². The number of aliphatic hydroxyl groups is 1. The lowest BCUT2D eigenvalue weighted by Gasteiger charge is -2.26. The number of carbonyl (C=O) groups is 8. The summed E-state index contributed by atoms with van der Waals surface area (Å²) >= 11 is 0. The highest BCUT2D eigenvalue weighted by Gasteiger charge is 2.38. The summed E-state index contributed by atoms with van der Waals surface area (Å²) in [5.41, 5.74) is 0.215. The molecule has 0 aliphatic carbocycles. The number of amides is 4. The summed E-state index contributed by atoms with van der Waals surface area (Å²) in [6.45, 7) is 0.330. The number of fused-ring (bicyclic) bond motifs is 1. The highest BCUT2D eigenvalue weighted by molar-refractivity contribution is 6.10. The number of nitrogens with zero attached hydrogens (tertiary/aromatic N) is 2. The number of carboxylic acids is 1. The van der Waals surface area contributed by atoms with Gasteiger partial charge in [-0.2, -0.15) is 0 Å². The Morgan fingerprint density at radius 2 is 1.64 bits per heavy atom. The number of rotatable bonds is 13. The summed E-state index contributed by atoms with van der Waals surface area (Å²) in [6, 6.07) is 3.31. The molecule has 1 aliphatic heterocycles. The molecule has 1 heterocycles. The monoisotopic (exact) mass is 546 g/mol. The van der Waals surface area contributed by atoms with E-state index in [1.54, 1.807) is 6.07 Å². The van der Waals surface area contributed by atoms with Crippen molar-refractivity contribution in [3.8, 4) is 0 Å². The summed E-state index contributed by atoms with van der Waals surface area (Å²) in [7, 11) is 0. The Bertz CT molecular complexity index is 1150. The number of ketones is 2. The van der Waals surface area contributed by atoms with Crippen LogP contribution in [-0.4, -0.2) is 89.4 Å². The number of carbonyl (C=O) groups excluding carboxylic acids is 7. The number of hydrogen-bond acceptors (Lipinski definition) is 9. The topological polar surface area (TPSA) is 208 Å². The second-order valence-corrected chi connectivity index (χ2v) is 9.05. The summed E-state index contributed by atoms with van der Waals surface area (Å²) in [5.74, 6) is -6.89. The van der Waals surface area contributed by atoms with Gasteiger partial charge in [-0.3, -0.25) is 33.7 Å². The Kier molecular flexibility index (Phi) is 11.0.